The van der Waals surface area contributed by atoms with Gasteiger partial charge in [-0.3, -0.25) is 4.79 Å². The molecule has 1 N–H and O–H groups in total. The molecule has 1 atom stereocenters. The molecular weight excluding hydrogens is 294 g/mol. The molecule has 0 unspecified atom stereocenters. The summed E-state index contributed by atoms with van der Waals surface area (Å²) in [6.07, 6.45) is 0.895. The van der Waals surface area contributed by atoms with Crippen LogP contribution in [0.1, 0.15) is 59.8 Å². The molecule has 0 aromatic heterocycles. The quantitative estimate of drug-likeness (QED) is 0.815. The summed E-state index contributed by atoms with van der Waals surface area (Å²) in [5.41, 5.74) is 5.51. The smallest absolute Gasteiger partial charge is 0.251 e. The largest absolute Gasteiger partial charge is 0.350 e. The van der Waals surface area contributed by atoms with E-state index >= 15 is 0 Å². The molecule has 2 aromatic rings. The summed E-state index contributed by atoms with van der Waals surface area (Å²) in [5, 5.41) is 3.17. The third-order valence-electron chi connectivity index (χ3n) is 4.83. The van der Waals surface area contributed by atoms with Crippen molar-refractivity contribution in [2.45, 2.75) is 59.4 Å². The maximum absolute atomic E-state index is 12.7. The Morgan fingerprint density at radius 1 is 1.00 bits per heavy atom. The van der Waals surface area contributed by atoms with Crippen molar-refractivity contribution in [3.63, 3.8) is 0 Å². The molecule has 0 aliphatic heterocycles. The molecule has 0 bridgehead atoms. The van der Waals surface area contributed by atoms with Gasteiger partial charge in [0.2, 0.25) is 0 Å². The second-order valence-electron chi connectivity index (χ2n) is 7.58. The molecule has 0 radical (unpaired) electrons. The molecule has 0 aliphatic carbocycles. The molecule has 0 aliphatic rings. The van der Waals surface area contributed by atoms with Crippen LogP contribution >= 0.6 is 0 Å². The lowest BCUT2D eigenvalue weighted by atomic mass is 9.79. The summed E-state index contributed by atoms with van der Waals surface area (Å²) >= 11 is 0. The lowest BCUT2D eigenvalue weighted by Gasteiger charge is -2.29. The molecule has 0 saturated heterocycles. The van der Waals surface area contributed by atoms with Crippen LogP contribution in [0.2, 0.25) is 0 Å². The minimum Gasteiger partial charge on any atom is -0.350 e. The van der Waals surface area contributed by atoms with E-state index in [2.05, 4.69) is 63.3 Å². The van der Waals surface area contributed by atoms with Gasteiger partial charge in [0.25, 0.3) is 5.91 Å². The Bertz CT molecular complexity index is 716. The van der Waals surface area contributed by atoms with Crippen molar-refractivity contribution in [3.05, 3.63) is 70.3 Å². The van der Waals surface area contributed by atoms with Crippen LogP contribution in [-0.2, 0) is 5.41 Å². The first-order valence-electron chi connectivity index (χ1n) is 8.65. The number of amides is 1. The molecule has 0 heterocycles. The van der Waals surface area contributed by atoms with Crippen LogP contribution in [0.15, 0.2) is 42.5 Å². The molecule has 2 nitrogen and oxygen atoms in total. The van der Waals surface area contributed by atoms with E-state index in [1.165, 1.54) is 11.1 Å². The molecule has 2 heteroatoms. The normalized spacial score (nSPS) is 12.8. The summed E-state index contributed by atoms with van der Waals surface area (Å²) < 4.78 is 0. The molecule has 2 aromatic carbocycles. The molecule has 1 amide bonds. The van der Waals surface area contributed by atoms with Crippen molar-refractivity contribution in [2.24, 2.45) is 0 Å². The zero-order valence-corrected chi connectivity index (χ0v) is 15.7. The number of rotatable bonds is 5. The highest BCUT2D eigenvalue weighted by atomic mass is 16.1. The van der Waals surface area contributed by atoms with E-state index in [9.17, 15) is 4.79 Å². The van der Waals surface area contributed by atoms with E-state index in [4.69, 9.17) is 0 Å². The van der Waals surface area contributed by atoms with Crippen molar-refractivity contribution in [3.8, 4) is 0 Å². The van der Waals surface area contributed by atoms with Crippen molar-refractivity contribution in [2.75, 3.05) is 0 Å². The number of nitrogens with one attached hydrogen (secondary N) is 1. The third-order valence-corrected chi connectivity index (χ3v) is 4.83. The van der Waals surface area contributed by atoms with Crippen LogP contribution in [0.4, 0.5) is 0 Å². The van der Waals surface area contributed by atoms with Crippen LogP contribution in [0.3, 0.4) is 0 Å². The second kappa shape index (κ2) is 7.21. The average Bonchev–Trinajstić information content (AvgIpc) is 2.51. The van der Waals surface area contributed by atoms with Gasteiger partial charge in [-0.15, -0.1) is 0 Å². The number of hydrogen-bond donors (Lipinski definition) is 1. The molecule has 24 heavy (non-hydrogen) atoms. The lowest BCUT2D eigenvalue weighted by Crippen LogP contribution is -2.37. The zero-order chi connectivity index (χ0) is 17.9. The molecule has 128 valence electrons. The average molecular weight is 323 g/mol. The number of carbonyl (C=O) groups is 1. The Morgan fingerprint density at radius 3 is 2.21 bits per heavy atom. The summed E-state index contributed by atoms with van der Waals surface area (Å²) in [4.78, 5) is 12.7. The number of aryl methyl sites for hydroxylation is 3. The van der Waals surface area contributed by atoms with E-state index in [0.717, 1.165) is 23.1 Å². The predicted octanol–water partition coefficient (Wildman–Crippen LogP) is 5.10. The number of benzene rings is 2. The number of hydrogen-bond acceptors (Lipinski definition) is 1. The Morgan fingerprint density at radius 2 is 1.58 bits per heavy atom. The molecule has 0 spiro atoms. The van der Waals surface area contributed by atoms with Gasteiger partial charge in [-0.05, 0) is 67.9 Å². The first kappa shape index (κ1) is 18.3. The zero-order valence-electron chi connectivity index (χ0n) is 15.7. The van der Waals surface area contributed by atoms with Crippen molar-refractivity contribution < 1.29 is 4.79 Å². The summed E-state index contributed by atoms with van der Waals surface area (Å²) in [6, 6.07) is 14.7. The Kier molecular flexibility index (Phi) is 5.48. The van der Waals surface area contributed by atoms with E-state index < -0.39 is 0 Å². The minimum absolute atomic E-state index is 0.0200. The highest BCUT2D eigenvalue weighted by Gasteiger charge is 2.24. The third kappa shape index (κ3) is 4.25. The van der Waals surface area contributed by atoms with Gasteiger partial charge in [-0.25, -0.2) is 0 Å². The maximum Gasteiger partial charge on any atom is 0.251 e. The van der Waals surface area contributed by atoms with Crippen LogP contribution < -0.4 is 5.32 Å². The van der Waals surface area contributed by atoms with Gasteiger partial charge in [0.05, 0.1) is 0 Å². The standard InChI is InChI=1S/C22H29NO/c1-15-12-17(3)20(13-16(15)2)21(24)23-18(4)14-22(5,6)19-10-8-7-9-11-19/h7-13,18H,14H2,1-6H3,(H,23,24)/t18-/m1/s1. The van der Waals surface area contributed by atoms with Gasteiger partial charge in [-0.2, -0.15) is 0 Å². The fraction of sp³-hybridized carbons (Fsp3) is 0.409. The Hall–Kier alpha value is -2.09. The summed E-state index contributed by atoms with van der Waals surface area (Å²) in [7, 11) is 0. The van der Waals surface area contributed by atoms with Gasteiger partial charge in [-0.1, -0.05) is 50.2 Å². The monoisotopic (exact) mass is 323 g/mol. The van der Waals surface area contributed by atoms with Gasteiger partial charge in [0.1, 0.15) is 0 Å². The number of carbonyl (C=O) groups excluding carboxylic acids is 1. The van der Waals surface area contributed by atoms with E-state index in [-0.39, 0.29) is 17.4 Å². The van der Waals surface area contributed by atoms with Gasteiger partial charge in [0.15, 0.2) is 0 Å². The topological polar surface area (TPSA) is 29.1 Å². The SMILES string of the molecule is Cc1cc(C)c(C(=O)N[C@H](C)CC(C)(C)c2ccccc2)cc1C. The van der Waals surface area contributed by atoms with Crippen molar-refractivity contribution in [1.29, 1.82) is 0 Å². The Labute approximate surface area is 146 Å². The van der Waals surface area contributed by atoms with Crippen molar-refractivity contribution in [1.82, 2.24) is 5.32 Å². The maximum atomic E-state index is 12.7. The van der Waals surface area contributed by atoms with Crippen LogP contribution in [0, 0.1) is 20.8 Å². The lowest BCUT2D eigenvalue weighted by molar-refractivity contribution is 0.0934. The van der Waals surface area contributed by atoms with Crippen molar-refractivity contribution >= 4 is 5.91 Å². The molecule has 0 fully saturated rings. The molecular formula is C22H29NO. The van der Waals surface area contributed by atoms with E-state index in [1.807, 2.05) is 26.0 Å². The summed E-state index contributed by atoms with van der Waals surface area (Å²) in [5.74, 6) is 0.0203. The van der Waals surface area contributed by atoms with Gasteiger partial charge < -0.3 is 5.32 Å². The first-order chi connectivity index (χ1) is 11.2. The predicted molar refractivity (Wildman–Crippen MR) is 102 cm³/mol. The molecule has 2 rings (SSSR count). The van der Waals surface area contributed by atoms with Crippen LogP contribution in [0.5, 0.6) is 0 Å². The highest BCUT2D eigenvalue weighted by molar-refractivity contribution is 5.96. The van der Waals surface area contributed by atoms with E-state index in [0.29, 0.717) is 0 Å². The summed E-state index contributed by atoms with van der Waals surface area (Å²) in [6.45, 7) is 12.7. The molecule has 0 saturated carbocycles. The highest BCUT2D eigenvalue weighted by Crippen LogP contribution is 2.28. The fourth-order valence-electron chi connectivity index (χ4n) is 3.33. The van der Waals surface area contributed by atoms with Crippen LogP contribution in [0.25, 0.3) is 0 Å². The van der Waals surface area contributed by atoms with Crippen LogP contribution in [-0.4, -0.2) is 11.9 Å². The van der Waals surface area contributed by atoms with Gasteiger partial charge in [0, 0.05) is 11.6 Å². The van der Waals surface area contributed by atoms with Gasteiger partial charge >= 0.3 is 0 Å². The van der Waals surface area contributed by atoms with E-state index in [1.54, 1.807) is 0 Å². The second-order valence-corrected chi connectivity index (χ2v) is 7.58. The Balaban J connectivity index is 2.08. The minimum atomic E-state index is 0.0200. The fourth-order valence-corrected chi connectivity index (χ4v) is 3.33. The first-order valence-corrected chi connectivity index (χ1v) is 8.65.